The van der Waals surface area contributed by atoms with Crippen LogP contribution in [0.3, 0.4) is 0 Å². The molecule has 4 heteroatoms. The van der Waals surface area contributed by atoms with Gasteiger partial charge in [-0.05, 0) is 13.0 Å². The van der Waals surface area contributed by atoms with Crippen molar-refractivity contribution in [2.45, 2.75) is 13.3 Å². The lowest BCUT2D eigenvalue weighted by Crippen LogP contribution is -2.07. The summed E-state index contributed by atoms with van der Waals surface area (Å²) in [6.45, 7) is 1.77. The number of nitrogens with one attached hydrogen (secondary N) is 1. The molecule has 0 amide bonds. The van der Waals surface area contributed by atoms with Gasteiger partial charge < -0.3 is 10.1 Å². The number of Topliss-reactive ketones (excluding diaryl/α,β-unsaturated/α-hetero) is 1. The maximum absolute atomic E-state index is 11.8. The lowest BCUT2D eigenvalue weighted by molar-refractivity contribution is -0.135. The summed E-state index contributed by atoms with van der Waals surface area (Å²) in [7, 11) is 0. The Balaban J connectivity index is 2.55. The third-order valence-corrected chi connectivity index (χ3v) is 2.48. The Hall–Kier alpha value is -2.10. The largest absolute Gasteiger partial charge is 0.481 e. The first-order chi connectivity index (χ1) is 7.59. The lowest BCUT2D eigenvalue weighted by atomic mass is 10.0. The first-order valence-corrected chi connectivity index (χ1v) is 4.92. The Morgan fingerprint density at radius 2 is 2.00 bits per heavy atom. The zero-order valence-corrected chi connectivity index (χ0v) is 8.78. The van der Waals surface area contributed by atoms with Crippen LogP contribution < -0.4 is 0 Å². The number of fused-ring (bicyclic) bond motifs is 1. The molecule has 4 nitrogen and oxygen atoms in total. The molecule has 1 aromatic heterocycles. The first-order valence-electron chi connectivity index (χ1n) is 4.92. The molecule has 0 fully saturated rings. The normalized spacial score (nSPS) is 10.6. The number of hydrogen-bond donors (Lipinski definition) is 2. The Kier molecular flexibility index (Phi) is 2.48. The third-order valence-electron chi connectivity index (χ3n) is 2.48. The number of carbonyl (C=O) groups is 2. The minimum absolute atomic E-state index is 0.359. The van der Waals surface area contributed by atoms with Gasteiger partial charge in [0.25, 0.3) is 0 Å². The van der Waals surface area contributed by atoms with Crippen molar-refractivity contribution in [3.8, 4) is 0 Å². The summed E-state index contributed by atoms with van der Waals surface area (Å²) in [5.74, 6) is -1.46. The fraction of sp³-hybridized carbons (Fsp3) is 0.167. The quantitative estimate of drug-likeness (QED) is 0.611. The van der Waals surface area contributed by atoms with E-state index < -0.39 is 12.4 Å². The molecular formula is C12H11NO3. The summed E-state index contributed by atoms with van der Waals surface area (Å²) in [6, 6.07) is 7.37. The number of carboxylic acid groups (broad SMARTS) is 1. The molecule has 0 atom stereocenters. The maximum atomic E-state index is 11.8. The van der Waals surface area contributed by atoms with E-state index in [9.17, 15) is 9.59 Å². The highest BCUT2D eigenvalue weighted by Gasteiger charge is 2.17. The van der Waals surface area contributed by atoms with Crippen LogP contribution >= 0.6 is 0 Å². The van der Waals surface area contributed by atoms with Crippen molar-refractivity contribution < 1.29 is 14.7 Å². The van der Waals surface area contributed by atoms with Gasteiger partial charge in [0.05, 0.1) is 0 Å². The van der Waals surface area contributed by atoms with E-state index in [0.29, 0.717) is 11.3 Å². The Labute approximate surface area is 91.9 Å². The summed E-state index contributed by atoms with van der Waals surface area (Å²) >= 11 is 0. The number of aliphatic carboxylic acids is 1. The minimum Gasteiger partial charge on any atom is -0.481 e. The Morgan fingerprint density at radius 3 is 2.69 bits per heavy atom. The van der Waals surface area contributed by atoms with Crippen molar-refractivity contribution in [3.63, 3.8) is 0 Å². The van der Waals surface area contributed by atoms with Gasteiger partial charge in [0.1, 0.15) is 6.42 Å². The van der Waals surface area contributed by atoms with Crippen LogP contribution in [0, 0.1) is 6.92 Å². The highest BCUT2D eigenvalue weighted by Crippen LogP contribution is 2.22. The monoisotopic (exact) mass is 217 g/mol. The summed E-state index contributed by atoms with van der Waals surface area (Å²) in [5.41, 5.74) is 2.05. The highest BCUT2D eigenvalue weighted by molar-refractivity contribution is 6.14. The number of rotatable bonds is 3. The molecule has 0 aliphatic heterocycles. The van der Waals surface area contributed by atoms with Crippen LogP contribution in [0.5, 0.6) is 0 Å². The van der Waals surface area contributed by atoms with Crippen molar-refractivity contribution in [1.82, 2.24) is 4.98 Å². The molecule has 0 bridgehead atoms. The van der Waals surface area contributed by atoms with Crippen LogP contribution in [-0.2, 0) is 4.79 Å². The first kappa shape index (κ1) is 10.4. The van der Waals surface area contributed by atoms with Gasteiger partial charge in [-0.25, -0.2) is 0 Å². The smallest absolute Gasteiger partial charge is 0.311 e. The average molecular weight is 217 g/mol. The molecule has 0 aliphatic carbocycles. The van der Waals surface area contributed by atoms with Gasteiger partial charge in [-0.1, -0.05) is 18.2 Å². The van der Waals surface area contributed by atoms with Crippen LogP contribution in [0.4, 0.5) is 0 Å². The number of para-hydroxylation sites is 1. The number of H-pyrrole nitrogens is 1. The molecule has 82 valence electrons. The molecule has 0 saturated heterocycles. The number of aromatic nitrogens is 1. The number of aryl methyl sites for hydroxylation is 1. The third kappa shape index (κ3) is 1.69. The second kappa shape index (κ2) is 3.81. The van der Waals surface area contributed by atoms with E-state index in [1.54, 1.807) is 6.92 Å². The SMILES string of the molecule is Cc1[nH]c2ccccc2c1C(=O)CC(=O)O. The molecule has 1 aromatic carbocycles. The number of benzene rings is 1. The second-order valence-electron chi connectivity index (χ2n) is 3.66. The van der Waals surface area contributed by atoms with E-state index in [2.05, 4.69) is 4.98 Å². The van der Waals surface area contributed by atoms with Crippen LogP contribution in [0.1, 0.15) is 22.5 Å². The number of carboxylic acids is 1. The highest BCUT2D eigenvalue weighted by atomic mass is 16.4. The molecule has 0 aliphatic rings. The van der Waals surface area contributed by atoms with E-state index in [-0.39, 0.29) is 5.78 Å². The molecule has 0 saturated carbocycles. The Bertz CT molecular complexity index is 569. The molecule has 0 radical (unpaired) electrons. The molecule has 16 heavy (non-hydrogen) atoms. The van der Waals surface area contributed by atoms with Crippen LogP contribution in [0.15, 0.2) is 24.3 Å². The van der Waals surface area contributed by atoms with E-state index >= 15 is 0 Å². The van der Waals surface area contributed by atoms with Gasteiger partial charge in [0.2, 0.25) is 0 Å². The standard InChI is InChI=1S/C12H11NO3/c1-7-12(10(14)6-11(15)16)8-4-2-3-5-9(8)13-7/h2-5,13H,6H2,1H3,(H,15,16). The van der Waals surface area contributed by atoms with Gasteiger partial charge in [0, 0.05) is 22.2 Å². The maximum Gasteiger partial charge on any atom is 0.311 e. The molecule has 0 unspecified atom stereocenters. The molecule has 2 aromatic rings. The summed E-state index contributed by atoms with van der Waals surface area (Å²) in [4.78, 5) is 25.3. The molecule has 2 N–H and O–H groups in total. The van der Waals surface area contributed by atoms with Crippen LogP contribution in [-0.4, -0.2) is 21.8 Å². The van der Waals surface area contributed by atoms with E-state index in [1.807, 2.05) is 24.3 Å². The fourth-order valence-electron chi connectivity index (χ4n) is 1.86. The van der Waals surface area contributed by atoms with Crippen LogP contribution in [0.25, 0.3) is 10.9 Å². The van der Waals surface area contributed by atoms with Gasteiger partial charge in [-0.15, -0.1) is 0 Å². The predicted octanol–water partition coefficient (Wildman–Crippen LogP) is 2.13. The number of carbonyl (C=O) groups excluding carboxylic acids is 1. The Morgan fingerprint density at radius 1 is 1.31 bits per heavy atom. The lowest BCUT2D eigenvalue weighted by Gasteiger charge is -1.97. The van der Waals surface area contributed by atoms with Gasteiger partial charge in [0.15, 0.2) is 5.78 Å². The number of aromatic amines is 1. The van der Waals surface area contributed by atoms with Gasteiger partial charge in [-0.3, -0.25) is 9.59 Å². The number of hydrogen-bond acceptors (Lipinski definition) is 2. The predicted molar refractivity (Wildman–Crippen MR) is 59.6 cm³/mol. The van der Waals surface area contributed by atoms with Crippen molar-refractivity contribution in [1.29, 1.82) is 0 Å². The van der Waals surface area contributed by atoms with Crippen molar-refractivity contribution in [2.75, 3.05) is 0 Å². The van der Waals surface area contributed by atoms with Gasteiger partial charge in [-0.2, -0.15) is 0 Å². The van der Waals surface area contributed by atoms with Gasteiger partial charge >= 0.3 is 5.97 Å². The molecular weight excluding hydrogens is 206 g/mol. The van der Waals surface area contributed by atoms with Crippen molar-refractivity contribution in [3.05, 3.63) is 35.5 Å². The molecule has 1 heterocycles. The summed E-state index contributed by atoms with van der Waals surface area (Å²) in [6.07, 6.45) is -0.470. The minimum atomic E-state index is -1.10. The fourth-order valence-corrected chi connectivity index (χ4v) is 1.86. The average Bonchev–Trinajstić information content (AvgIpc) is 2.52. The summed E-state index contributed by atoms with van der Waals surface area (Å²) < 4.78 is 0. The van der Waals surface area contributed by atoms with E-state index in [1.165, 1.54) is 0 Å². The van der Waals surface area contributed by atoms with E-state index in [4.69, 9.17) is 5.11 Å². The zero-order valence-electron chi connectivity index (χ0n) is 8.78. The van der Waals surface area contributed by atoms with Crippen molar-refractivity contribution >= 4 is 22.7 Å². The number of ketones is 1. The van der Waals surface area contributed by atoms with Crippen LogP contribution in [0.2, 0.25) is 0 Å². The molecule has 2 rings (SSSR count). The second-order valence-corrected chi connectivity index (χ2v) is 3.66. The molecule has 0 spiro atoms. The topological polar surface area (TPSA) is 70.2 Å². The zero-order chi connectivity index (χ0) is 11.7. The summed E-state index contributed by atoms with van der Waals surface area (Å²) in [5, 5.41) is 9.40. The van der Waals surface area contributed by atoms with E-state index in [0.717, 1.165) is 10.9 Å². The van der Waals surface area contributed by atoms with Crippen molar-refractivity contribution in [2.24, 2.45) is 0 Å².